The summed E-state index contributed by atoms with van der Waals surface area (Å²) in [5, 5.41) is 11.9. The number of carboxylic acid groups (broad SMARTS) is 1. The number of benzene rings is 1. The van der Waals surface area contributed by atoms with E-state index < -0.39 is 6.09 Å². The third kappa shape index (κ3) is 3.66. The molecular formula is C13H17NO2S. The van der Waals surface area contributed by atoms with Crippen molar-refractivity contribution in [2.75, 3.05) is 5.32 Å². The van der Waals surface area contributed by atoms with Crippen molar-refractivity contribution in [3.05, 3.63) is 24.3 Å². The SMILES string of the molecule is O=C(O)Nc1ccccc1SC1CCCCC1. The third-order valence-electron chi connectivity index (χ3n) is 2.97. The number of para-hydroxylation sites is 1. The smallest absolute Gasteiger partial charge is 0.409 e. The van der Waals surface area contributed by atoms with Crippen molar-refractivity contribution in [2.45, 2.75) is 42.2 Å². The zero-order valence-electron chi connectivity index (χ0n) is 9.69. The molecule has 0 aromatic heterocycles. The lowest BCUT2D eigenvalue weighted by atomic mass is 10.0. The summed E-state index contributed by atoms with van der Waals surface area (Å²) in [6.07, 6.45) is 5.42. The lowest BCUT2D eigenvalue weighted by molar-refractivity contribution is 0.209. The van der Waals surface area contributed by atoms with Crippen LogP contribution in [0.1, 0.15) is 32.1 Å². The molecule has 4 heteroatoms. The maximum Gasteiger partial charge on any atom is 0.409 e. The van der Waals surface area contributed by atoms with Crippen LogP contribution in [0.3, 0.4) is 0 Å². The molecule has 0 atom stereocenters. The van der Waals surface area contributed by atoms with E-state index in [1.807, 2.05) is 36.0 Å². The maximum atomic E-state index is 10.7. The summed E-state index contributed by atoms with van der Waals surface area (Å²) >= 11 is 1.81. The van der Waals surface area contributed by atoms with E-state index in [9.17, 15) is 4.79 Å². The molecule has 0 saturated heterocycles. The number of carbonyl (C=O) groups is 1. The summed E-state index contributed by atoms with van der Waals surface area (Å²) in [6.45, 7) is 0. The predicted molar refractivity (Wildman–Crippen MR) is 70.8 cm³/mol. The van der Waals surface area contributed by atoms with Crippen LogP contribution in [0.15, 0.2) is 29.2 Å². The van der Waals surface area contributed by atoms with E-state index in [-0.39, 0.29) is 0 Å². The lowest BCUT2D eigenvalue weighted by Crippen LogP contribution is -2.10. The van der Waals surface area contributed by atoms with E-state index in [2.05, 4.69) is 5.32 Å². The molecule has 0 aliphatic heterocycles. The van der Waals surface area contributed by atoms with Gasteiger partial charge in [0.15, 0.2) is 0 Å². The van der Waals surface area contributed by atoms with Crippen LogP contribution in [0.2, 0.25) is 0 Å². The minimum atomic E-state index is -0.998. The molecule has 2 rings (SSSR count). The number of amides is 1. The van der Waals surface area contributed by atoms with Crippen molar-refractivity contribution in [3.8, 4) is 0 Å². The van der Waals surface area contributed by atoms with Gasteiger partial charge in [0.25, 0.3) is 0 Å². The molecule has 2 N–H and O–H groups in total. The first-order valence-electron chi connectivity index (χ1n) is 6.01. The molecule has 1 aliphatic carbocycles. The molecule has 17 heavy (non-hydrogen) atoms. The van der Waals surface area contributed by atoms with Gasteiger partial charge in [-0.2, -0.15) is 0 Å². The van der Waals surface area contributed by atoms with Crippen LogP contribution in [0.4, 0.5) is 10.5 Å². The number of thioether (sulfide) groups is 1. The second-order valence-corrected chi connectivity index (χ2v) is 5.65. The van der Waals surface area contributed by atoms with Crippen LogP contribution in [-0.4, -0.2) is 16.4 Å². The molecule has 1 amide bonds. The van der Waals surface area contributed by atoms with E-state index in [0.717, 1.165) is 4.90 Å². The summed E-state index contributed by atoms with van der Waals surface area (Å²) in [4.78, 5) is 11.7. The molecule has 0 spiro atoms. The molecule has 0 unspecified atom stereocenters. The van der Waals surface area contributed by atoms with Crippen molar-refractivity contribution < 1.29 is 9.90 Å². The fourth-order valence-corrected chi connectivity index (χ4v) is 3.48. The average molecular weight is 251 g/mol. The Hall–Kier alpha value is -1.16. The van der Waals surface area contributed by atoms with E-state index in [1.165, 1.54) is 32.1 Å². The zero-order valence-corrected chi connectivity index (χ0v) is 10.5. The van der Waals surface area contributed by atoms with Gasteiger partial charge in [0.05, 0.1) is 5.69 Å². The maximum absolute atomic E-state index is 10.7. The molecule has 1 aliphatic rings. The Morgan fingerprint density at radius 3 is 2.65 bits per heavy atom. The zero-order chi connectivity index (χ0) is 12.1. The summed E-state index contributed by atoms with van der Waals surface area (Å²) in [5.41, 5.74) is 0.704. The molecule has 1 aromatic carbocycles. The van der Waals surface area contributed by atoms with E-state index in [0.29, 0.717) is 10.9 Å². The first-order valence-corrected chi connectivity index (χ1v) is 6.89. The monoisotopic (exact) mass is 251 g/mol. The first-order chi connectivity index (χ1) is 8.25. The van der Waals surface area contributed by atoms with Crippen molar-refractivity contribution in [3.63, 3.8) is 0 Å². The minimum Gasteiger partial charge on any atom is -0.465 e. The van der Waals surface area contributed by atoms with Gasteiger partial charge in [0.2, 0.25) is 0 Å². The van der Waals surface area contributed by atoms with Gasteiger partial charge in [-0.05, 0) is 25.0 Å². The first kappa shape index (κ1) is 12.3. The van der Waals surface area contributed by atoms with Crippen LogP contribution in [0.25, 0.3) is 0 Å². The average Bonchev–Trinajstić information content (AvgIpc) is 2.32. The molecule has 0 radical (unpaired) electrons. The predicted octanol–water partition coefficient (Wildman–Crippen LogP) is 4.20. The van der Waals surface area contributed by atoms with Crippen molar-refractivity contribution in [2.24, 2.45) is 0 Å². The summed E-state index contributed by atoms with van der Waals surface area (Å²) in [5.74, 6) is 0. The molecule has 3 nitrogen and oxygen atoms in total. The van der Waals surface area contributed by atoms with Crippen molar-refractivity contribution in [1.82, 2.24) is 0 Å². The Morgan fingerprint density at radius 1 is 1.24 bits per heavy atom. The Bertz CT molecular complexity index is 389. The Kier molecular flexibility index (Phi) is 4.31. The highest BCUT2D eigenvalue weighted by Gasteiger charge is 2.16. The molecule has 1 saturated carbocycles. The topological polar surface area (TPSA) is 49.3 Å². The Labute approximate surface area is 106 Å². The van der Waals surface area contributed by atoms with Crippen molar-refractivity contribution in [1.29, 1.82) is 0 Å². The molecule has 0 heterocycles. The van der Waals surface area contributed by atoms with Crippen LogP contribution in [-0.2, 0) is 0 Å². The lowest BCUT2D eigenvalue weighted by Gasteiger charge is -2.22. The minimum absolute atomic E-state index is 0.639. The molecular weight excluding hydrogens is 234 g/mol. The van der Waals surface area contributed by atoms with Gasteiger partial charge in [-0.3, -0.25) is 5.32 Å². The van der Waals surface area contributed by atoms with Crippen LogP contribution in [0.5, 0.6) is 0 Å². The number of anilines is 1. The second-order valence-electron chi connectivity index (χ2n) is 4.30. The van der Waals surface area contributed by atoms with Crippen LogP contribution < -0.4 is 5.32 Å². The normalized spacial score (nSPS) is 16.7. The van der Waals surface area contributed by atoms with Gasteiger partial charge in [0.1, 0.15) is 0 Å². The number of hydrogen-bond acceptors (Lipinski definition) is 2. The van der Waals surface area contributed by atoms with Gasteiger partial charge in [0, 0.05) is 10.1 Å². The molecule has 0 bridgehead atoms. The van der Waals surface area contributed by atoms with Gasteiger partial charge in [-0.15, -0.1) is 11.8 Å². The highest BCUT2D eigenvalue weighted by Crippen LogP contribution is 2.36. The van der Waals surface area contributed by atoms with Crippen molar-refractivity contribution >= 4 is 23.5 Å². The fraction of sp³-hybridized carbons (Fsp3) is 0.462. The highest BCUT2D eigenvalue weighted by atomic mass is 32.2. The third-order valence-corrected chi connectivity index (χ3v) is 4.39. The molecule has 1 aromatic rings. The van der Waals surface area contributed by atoms with Gasteiger partial charge in [-0.25, -0.2) is 4.79 Å². The van der Waals surface area contributed by atoms with E-state index in [4.69, 9.17) is 5.11 Å². The van der Waals surface area contributed by atoms with Crippen LogP contribution in [0, 0.1) is 0 Å². The summed E-state index contributed by atoms with van der Waals surface area (Å²) in [6, 6.07) is 7.62. The van der Waals surface area contributed by atoms with Crippen LogP contribution >= 0.6 is 11.8 Å². The largest absolute Gasteiger partial charge is 0.465 e. The van der Waals surface area contributed by atoms with Gasteiger partial charge in [-0.1, -0.05) is 31.4 Å². The number of rotatable bonds is 3. The fourth-order valence-electron chi connectivity index (χ4n) is 2.15. The molecule has 92 valence electrons. The van der Waals surface area contributed by atoms with E-state index in [1.54, 1.807) is 0 Å². The molecule has 1 fully saturated rings. The Morgan fingerprint density at radius 2 is 1.94 bits per heavy atom. The quantitative estimate of drug-likeness (QED) is 0.846. The number of nitrogens with one attached hydrogen (secondary N) is 1. The van der Waals surface area contributed by atoms with Gasteiger partial charge < -0.3 is 5.11 Å². The highest BCUT2D eigenvalue weighted by molar-refractivity contribution is 8.00. The standard InChI is InChI=1S/C13H17NO2S/c15-13(16)14-11-8-4-5-9-12(11)17-10-6-2-1-3-7-10/h4-5,8-10,14H,1-3,6-7H2,(H,15,16). The Balaban J connectivity index is 2.05. The van der Waals surface area contributed by atoms with E-state index >= 15 is 0 Å². The summed E-state index contributed by atoms with van der Waals surface area (Å²) < 4.78 is 0. The number of hydrogen-bond donors (Lipinski definition) is 2. The van der Waals surface area contributed by atoms with Gasteiger partial charge >= 0.3 is 6.09 Å². The second kappa shape index (κ2) is 5.96. The summed E-state index contributed by atoms with van der Waals surface area (Å²) in [7, 11) is 0.